The van der Waals surface area contributed by atoms with Crippen molar-refractivity contribution in [1.82, 2.24) is 5.32 Å². The number of nitrogens with one attached hydrogen (secondary N) is 1. The molecule has 0 spiro atoms. The van der Waals surface area contributed by atoms with Crippen molar-refractivity contribution < 1.29 is 22.7 Å². The number of esters is 1. The molecule has 0 heterocycles. The van der Waals surface area contributed by atoms with Crippen LogP contribution >= 0.6 is 0 Å². The van der Waals surface area contributed by atoms with E-state index < -0.39 is 21.6 Å². The van der Waals surface area contributed by atoms with Crippen LogP contribution in [-0.2, 0) is 37.1 Å². The second-order valence-corrected chi connectivity index (χ2v) is 8.99. The van der Waals surface area contributed by atoms with Crippen molar-refractivity contribution in [3.8, 4) is 11.1 Å². The Morgan fingerprint density at radius 2 is 1.52 bits per heavy atom. The first-order chi connectivity index (χ1) is 14.9. The Labute approximate surface area is 181 Å². The lowest BCUT2D eigenvalue weighted by Crippen LogP contribution is -2.24. The van der Waals surface area contributed by atoms with Gasteiger partial charge in [0.2, 0.25) is 5.91 Å². The van der Waals surface area contributed by atoms with Crippen LogP contribution in [-0.4, -0.2) is 33.2 Å². The molecule has 0 unspecified atom stereocenters. The van der Waals surface area contributed by atoms with Crippen molar-refractivity contribution >= 4 is 21.7 Å². The van der Waals surface area contributed by atoms with Crippen LogP contribution in [0.4, 0.5) is 0 Å². The number of hydrogen-bond donors (Lipinski definition) is 1. The van der Waals surface area contributed by atoms with Gasteiger partial charge in [-0.15, -0.1) is 0 Å². The SMILES string of the molecule is COC(=O)CS(=O)(=O)c1ccc(-c2cccc(CC(=O)NCc3ccccc3)c2)cc1. The maximum absolute atomic E-state index is 12.3. The van der Waals surface area contributed by atoms with E-state index in [0.717, 1.165) is 29.4 Å². The summed E-state index contributed by atoms with van der Waals surface area (Å²) in [6.07, 6.45) is 0.242. The van der Waals surface area contributed by atoms with Gasteiger partial charge in [0.25, 0.3) is 0 Å². The summed E-state index contributed by atoms with van der Waals surface area (Å²) < 4.78 is 28.9. The Hall–Kier alpha value is -3.45. The fraction of sp³-hybridized carbons (Fsp3) is 0.167. The first-order valence-electron chi connectivity index (χ1n) is 9.67. The molecule has 0 aliphatic rings. The van der Waals surface area contributed by atoms with Crippen molar-refractivity contribution in [2.24, 2.45) is 0 Å². The number of amides is 1. The normalized spacial score (nSPS) is 11.0. The fourth-order valence-electron chi connectivity index (χ4n) is 3.06. The summed E-state index contributed by atoms with van der Waals surface area (Å²) in [4.78, 5) is 23.6. The molecule has 0 fully saturated rings. The van der Waals surface area contributed by atoms with Gasteiger partial charge < -0.3 is 10.1 Å². The second-order valence-electron chi connectivity index (χ2n) is 7.00. The van der Waals surface area contributed by atoms with Crippen LogP contribution in [0.1, 0.15) is 11.1 Å². The molecule has 3 rings (SSSR count). The number of sulfone groups is 1. The molecule has 160 valence electrons. The van der Waals surface area contributed by atoms with Crippen LogP contribution in [0.25, 0.3) is 11.1 Å². The third-order valence-electron chi connectivity index (χ3n) is 4.71. The number of ether oxygens (including phenoxy) is 1. The smallest absolute Gasteiger partial charge is 0.321 e. The molecule has 3 aromatic rings. The monoisotopic (exact) mass is 437 g/mol. The maximum Gasteiger partial charge on any atom is 0.321 e. The van der Waals surface area contributed by atoms with Gasteiger partial charge in [-0.05, 0) is 34.4 Å². The molecular weight excluding hydrogens is 414 g/mol. The lowest BCUT2D eigenvalue weighted by atomic mass is 10.0. The molecule has 0 aliphatic carbocycles. The summed E-state index contributed by atoms with van der Waals surface area (Å²) in [6, 6.07) is 23.5. The number of hydrogen-bond acceptors (Lipinski definition) is 5. The molecule has 7 heteroatoms. The van der Waals surface area contributed by atoms with E-state index in [1.807, 2.05) is 54.6 Å². The number of methoxy groups -OCH3 is 1. The lowest BCUT2D eigenvalue weighted by molar-refractivity contribution is -0.137. The molecule has 3 aromatic carbocycles. The third-order valence-corrected chi connectivity index (χ3v) is 6.31. The number of carbonyl (C=O) groups is 2. The second kappa shape index (κ2) is 10.0. The van der Waals surface area contributed by atoms with Gasteiger partial charge in [0.05, 0.1) is 18.4 Å². The minimum atomic E-state index is -3.75. The molecule has 0 bridgehead atoms. The van der Waals surface area contributed by atoms with Crippen molar-refractivity contribution in [3.05, 3.63) is 90.0 Å². The van der Waals surface area contributed by atoms with Crippen LogP contribution in [0.2, 0.25) is 0 Å². The van der Waals surface area contributed by atoms with E-state index in [-0.39, 0.29) is 17.2 Å². The third kappa shape index (κ3) is 6.26. The van der Waals surface area contributed by atoms with Gasteiger partial charge in [-0.2, -0.15) is 0 Å². The van der Waals surface area contributed by atoms with Gasteiger partial charge >= 0.3 is 5.97 Å². The van der Waals surface area contributed by atoms with Crippen LogP contribution in [0.15, 0.2) is 83.8 Å². The molecule has 0 atom stereocenters. The predicted octanol–water partition coefficient (Wildman–Crippen LogP) is 3.16. The van der Waals surface area contributed by atoms with Gasteiger partial charge in [0.1, 0.15) is 0 Å². The maximum atomic E-state index is 12.3. The highest BCUT2D eigenvalue weighted by Crippen LogP contribution is 2.23. The van der Waals surface area contributed by atoms with Crippen molar-refractivity contribution in [2.45, 2.75) is 17.9 Å². The molecule has 0 saturated heterocycles. The van der Waals surface area contributed by atoms with Gasteiger partial charge in [-0.1, -0.05) is 66.7 Å². The molecule has 1 N–H and O–H groups in total. The van der Waals surface area contributed by atoms with Gasteiger partial charge in [0.15, 0.2) is 15.6 Å². The summed E-state index contributed by atoms with van der Waals surface area (Å²) in [7, 11) is -2.60. The summed E-state index contributed by atoms with van der Waals surface area (Å²) in [5.41, 5.74) is 3.56. The van der Waals surface area contributed by atoms with E-state index in [0.29, 0.717) is 6.54 Å². The van der Waals surface area contributed by atoms with Crippen LogP contribution in [0.3, 0.4) is 0 Å². The highest BCUT2D eigenvalue weighted by atomic mass is 32.2. The van der Waals surface area contributed by atoms with E-state index in [1.54, 1.807) is 12.1 Å². The zero-order valence-electron chi connectivity index (χ0n) is 17.1. The summed E-state index contributed by atoms with van der Waals surface area (Å²) in [6.45, 7) is 0.473. The zero-order chi connectivity index (χ0) is 22.3. The van der Waals surface area contributed by atoms with Crippen molar-refractivity contribution in [2.75, 3.05) is 12.9 Å². The molecule has 0 saturated carbocycles. The van der Waals surface area contributed by atoms with E-state index in [1.165, 1.54) is 12.1 Å². The number of carbonyl (C=O) groups excluding carboxylic acids is 2. The van der Waals surface area contributed by atoms with E-state index in [2.05, 4.69) is 10.1 Å². The Morgan fingerprint density at radius 1 is 0.839 bits per heavy atom. The zero-order valence-corrected chi connectivity index (χ0v) is 17.9. The average molecular weight is 438 g/mol. The predicted molar refractivity (Wildman–Crippen MR) is 118 cm³/mol. The van der Waals surface area contributed by atoms with E-state index in [4.69, 9.17) is 0 Å². The van der Waals surface area contributed by atoms with Gasteiger partial charge in [0, 0.05) is 6.54 Å². The number of benzene rings is 3. The standard InChI is InChI=1S/C24H23NO5S/c1-30-24(27)17-31(28,29)22-12-10-20(11-13-22)21-9-5-8-19(14-21)15-23(26)25-16-18-6-3-2-4-7-18/h2-14H,15-17H2,1H3,(H,25,26). The van der Waals surface area contributed by atoms with Gasteiger partial charge in [-0.3, -0.25) is 9.59 Å². The lowest BCUT2D eigenvalue weighted by Gasteiger charge is -2.08. The molecule has 6 nitrogen and oxygen atoms in total. The van der Waals surface area contributed by atoms with E-state index >= 15 is 0 Å². The molecule has 31 heavy (non-hydrogen) atoms. The summed E-state index contributed by atoms with van der Waals surface area (Å²) in [5, 5.41) is 2.91. The van der Waals surface area contributed by atoms with Crippen LogP contribution in [0.5, 0.6) is 0 Å². The minimum Gasteiger partial charge on any atom is -0.468 e. The van der Waals surface area contributed by atoms with Gasteiger partial charge in [-0.25, -0.2) is 8.42 Å². The van der Waals surface area contributed by atoms with Crippen molar-refractivity contribution in [1.29, 1.82) is 0 Å². The highest BCUT2D eigenvalue weighted by Gasteiger charge is 2.19. The number of rotatable bonds is 8. The van der Waals surface area contributed by atoms with Crippen LogP contribution < -0.4 is 5.32 Å². The van der Waals surface area contributed by atoms with Crippen LogP contribution in [0, 0.1) is 0 Å². The average Bonchev–Trinajstić information content (AvgIpc) is 2.78. The first-order valence-corrected chi connectivity index (χ1v) is 11.3. The molecule has 0 aliphatic heterocycles. The first kappa shape index (κ1) is 22.2. The molecular formula is C24H23NO5S. The highest BCUT2D eigenvalue weighted by molar-refractivity contribution is 7.92. The summed E-state index contributed by atoms with van der Waals surface area (Å²) in [5.74, 6) is -1.58. The largest absolute Gasteiger partial charge is 0.468 e. The Kier molecular flexibility index (Phi) is 7.20. The Bertz CT molecular complexity index is 1160. The molecule has 0 radical (unpaired) electrons. The molecule has 1 amide bonds. The van der Waals surface area contributed by atoms with Crippen molar-refractivity contribution in [3.63, 3.8) is 0 Å². The van der Waals surface area contributed by atoms with E-state index in [9.17, 15) is 18.0 Å². The Morgan fingerprint density at radius 3 is 2.19 bits per heavy atom. The minimum absolute atomic E-state index is 0.0538. The summed E-state index contributed by atoms with van der Waals surface area (Å²) >= 11 is 0. The topological polar surface area (TPSA) is 89.5 Å². The molecule has 0 aromatic heterocycles. The Balaban J connectivity index is 1.67. The fourth-order valence-corrected chi connectivity index (χ4v) is 4.20. The quantitative estimate of drug-likeness (QED) is 0.547.